The first-order valence-corrected chi connectivity index (χ1v) is 11.4. The van der Waals surface area contributed by atoms with Crippen molar-refractivity contribution < 1.29 is 17.9 Å². The van der Waals surface area contributed by atoms with E-state index in [1.807, 2.05) is 0 Å². The Morgan fingerprint density at radius 1 is 1.07 bits per heavy atom. The molecule has 0 spiro atoms. The lowest BCUT2D eigenvalue weighted by Gasteiger charge is -2.24. The van der Waals surface area contributed by atoms with Crippen LogP contribution >= 0.6 is 27.5 Å². The van der Waals surface area contributed by atoms with E-state index in [0.717, 1.165) is 8.78 Å². The minimum absolute atomic E-state index is 0.0909. The van der Waals surface area contributed by atoms with Crippen LogP contribution < -0.4 is 14.4 Å². The Morgan fingerprint density at radius 3 is 2.33 bits per heavy atom. The molecule has 0 aromatic heterocycles. The molecule has 0 saturated heterocycles. The number of sulfonamides is 1. The minimum Gasteiger partial charge on any atom is -0.495 e. The highest BCUT2D eigenvalue weighted by Crippen LogP contribution is 2.28. The van der Waals surface area contributed by atoms with E-state index in [1.165, 1.54) is 25.3 Å². The third kappa shape index (κ3) is 5.13. The van der Waals surface area contributed by atoms with Gasteiger partial charge in [-0.15, -0.1) is 0 Å². The van der Waals surface area contributed by atoms with E-state index in [4.69, 9.17) is 16.3 Å². The molecule has 0 radical (unpaired) electrons. The molecule has 3 aromatic carbocycles. The number of methoxy groups -OCH3 is 1. The Labute approximate surface area is 188 Å². The summed E-state index contributed by atoms with van der Waals surface area (Å²) in [5.74, 6) is -0.0449. The second-order valence-corrected chi connectivity index (χ2v) is 9.38. The number of rotatable bonds is 7. The first-order valence-electron chi connectivity index (χ1n) is 8.78. The highest BCUT2D eigenvalue weighted by atomic mass is 79.9. The fraction of sp³-hybridized carbons (Fsp3) is 0.0952. The van der Waals surface area contributed by atoms with E-state index in [2.05, 4.69) is 21.2 Å². The third-order valence-corrected chi connectivity index (χ3v) is 6.78. The number of nitrogens with zero attached hydrogens (tertiary/aromatic N) is 1. The number of carbonyl (C=O) groups is 1. The molecule has 0 saturated carbocycles. The Hall–Kier alpha value is -2.55. The van der Waals surface area contributed by atoms with Gasteiger partial charge in [0.05, 0.1) is 22.7 Å². The molecule has 0 aliphatic carbocycles. The number of nitrogens with one attached hydrogen (secondary N) is 1. The average molecular weight is 510 g/mol. The van der Waals surface area contributed by atoms with Crippen LogP contribution in [0.4, 0.5) is 11.4 Å². The van der Waals surface area contributed by atoms with E-state index in [-0.39, 0.29) is 4.90 Å². The zero-order valence-electron chi connectivity index (χ0n) is 15.9. The van der Waals surface area contributed by atoms with Gasteiger partial charge in [-0.2, -0.15) is 0 Å². The molecule has 3 aromatic rings. The lowest BCUT2D eigenvalue weighted by atomic mass is 10.3. The molecule has 3 rings (SSSR count). The van der Waals surface area contributed by atoms with E-state index in [0.29, 0.717) is 22.1 Å². The molecule has 30 heavy (non-hydrogen) atoms. The fourth-order valence-electron chi connectivity index (χ4n) is 2.72. The van der Waals surface area contributed by atoms with Gasteiger partial charge in [0, 0.05) is 10.2 Å². The second-order valence-electron chi connectivity index (χ2n) is 6.20. The maximum atomic E-state index is 13.2. The number of amides is 1. The Morgan fingerprint density at radius 2 is 1.73 bits per heavy atom. The summed E-state index contributed by atoms with van der Waals surface area (Å²) in [5.41, 5.74) is 0.795. The Kier molecular flexibility index (Phi) is 7.02. The molecule has 0 aliphatic heterocycles. The average Bonchev–Trinajstić information content (AvgIpc) is 2.73. The van der Waals surface area contributed by atoms with Crippen LogP contribution in [0.3, 0.4) is 0 Å². The van der Waals surface area contributed by atoms with Crippen LogP contribution in [0.15, 0.2) is 82.2 Å². The maximum Gasteiger partial charge on any atom is 0.264 e. The number of hydrogen-bond acceptors (Lipinski definition) is 4. The van der Waals surface area contributed by atoms with Gasteiger partial charge in [-0.25, -0.2) is 8.42 Å². The standard InChI is InChI=1S/C21H18BrClN2O4S/c1-29-20-12-9-16(13-19(20)23)24-21(26)14-25(17-10-7-15(22)8-11-17)30(27,28)18-5-3-2-4-6-18/h2-13H,14H2,1H3,(H,24,26). The van der Waals surface area contributed by atoms with Crippen molar-refractivity contribution in [3.63, 3.8) is 0 Å². The lowest BCUT2D eigenvalue weighted by Crippen LogP contribution is -2.38. The molecule has 6 nitrogen and oxygen atoms in total. The Bertz CT molecular complexity index is 1140. The van der Waals surface area contributed by atoms with Crippen molar-refractivity contribution in [2.45, 2.75) is 4.90 Å². The lowest BCUT2D eigenvalue weighted by molar-refractivity contribution is -0.114. The van der Waals surface area contributed by atoms with Crippen LogP contribution in [0.2, 0.25) is 5.02 Å². The highest BCUT2D eigenvalue weighted by molar-refractivity contribution is 9.10. The predicted molar refractivity (Wildman–Crippen MR) is 122 cm³/mol. The maximum absolute atomic E-state index is 13.2. The van der Waals surface area contributed by atoms with Gasteiger partial charge >= 0.3 is 0 Å². The van der Waals surface area contributed by atoms with E-state index in [1.54, 1.807) is 54.6 Å². The Balaban J connectivity index is 1.90. The van der Waals surface area contributed by atoms with Crippen molar-refractivity contribution in [3.05, 3.63) is 82.3 Å². The topological polar surface area (TPSA) is 75.7 Å². The SMILES string of the molecule is COc1ccc(NC(=O)CN(c2ccc(Br)cc2)S(=O)(=O)c2ccccc2)cc1Cl. The summed E-state index contributed by atoms with van der Waals surface area (Å²) in [6.45, 7) is -0.414. The van der Waals surface area contributed by atoms with Gasteiger partial charge in [0.1, 0.15) is 12.3 Å². The van der Waals surface area contributed by atoms with Crippen LogP contribution in [0, 0.1) is 0 Å². The van der Waals surface area contributed by atoms with E-state index in [9.17, 15) is 13.2 Å². The zero-order chi connectivity index (χ0) is 21.7. The molecule has 0 bridgehead atoms. The van der Waals surface area contributed by atoms with Crippen molar-refractivity contribution in [1.29, 1.82) is 0 Å². The highest BCUT2D eigenvalue weighted by Gasteiger charge is 2.27. The van der Waals surface area contributed by atoms with E-state index >= 15 is 0 Å². The van der Waals surface area contributed by atoms with Crippen LogP contribution in [0.25, 0.3) is 0 Å². The third-order valence-electron chi connectivity index (χ3n) is 4.17. The fourth-order valence-corrected chi connectivity index (χ4v) is 4.68. The molecule has 0 atom stereocenters. The van der Waals surface area contributed by atoms with E-state index < -0.39 is 22.5 Å². The molecule has 0 unspecified atom stereocenters. The number of ether oxygens (including phenoxy) is 1. The summed E-state index contributed by atoms with van der Waals surface area (Å²) in [5, 5.41) is 3.01. The van der Waals surface area contributed by atoms with Gasteiger partial charge in [-0.3, -0.25) is 9.10 Å². The van der Waals surface area contributed by atoms with Gasteiger partial charge in [0.25, 0.3) is 10.0 Å². The van der Waals surface area contributed by atoms with Crippen molar-refractivity contribution in [1.82, 2.24) is 0 Å². The molecule has 9 heteroatoms. The van der Waals surface area contributed by atoms with Crippen molar-refractivity contribution in [3.8, 4) is 5.75 Å². The largest absolute Gasteiger partial charge is 0.495 e. The van der Waals surface area contributed by atoms with Crippen molar-refractivity contribution >= 4 is 54.8 Å². The number of hydrogen-bond donors (Lipinski definition) is 1. The summed E-state index contributed by atoms with van der Waals surface area (Å²) in [7, 11) is -2.47. The number of carbonyl (C=O) groups excluding carboxylic acids is 1. The zero-order valence-corrected chi connectivity index (χ0v) is 19.0. The van der Waals surface area contributed by atoms with Crippen LogP contribution in [0.5, 0.6) is 5.75 Å². The quantitative estimate of drug-likeness (QED) is 0.489. The summed E-state index contributed by atoms with van der Waals surface area (Å²) in [6, 6.07) is 19.4. The first-order chi connectivity index (χ1) is 14.3. The summed E-state index contributed by atoms with van der Waals surface area (Å²) >= 11 is 9.43. The summed E-state index contributed by atoms with van der Waals surface area (Å²) in [6.07, 6.45) is 0. The number of benzene rings is 3. The molecular formula is C21H18BrClN2O4S. The molecular weight excluding hydrogens is 492 g/mol. The van der Waals surface area contributed by atoms with Gasteiger partial charge in [0.15, 0.2) is 0 Å². The van der Waals surface area contributed by atoms with Crippen LogP contribution in [-0.2, 0) is 14.8 Å². The molecule has 0 fully saturated rings. The van der Waals surface area contributed by atoms with Gasteiger partial charge in [-0.05, 0) is 54.6 Å². The van der Waals surface area contributed by atoms with Gasteiger partial charge in [-0.1, -0.05) is 45.7 Å². The van der Waals surface area contributed by atoms with Crippen molar-refractivity contribution in [2.75, 3.05) is 23.3 Å². The van der Waals surface area contributed by atoms with Crippen LogP contribution in [-0.4, -0.2) is 28.0 Å². The molecule has 0 heterocycles. The second kappa shape index (κ2) is 9.51. The number of halogens is 2. The molecule has 0 aliphatic rings. The van der Waals surface area contributed by atoms with Gasteiger partial charge in [0.2, 0.25) is 5.91 Å². The summed E-state index contributed by atoms with van der Waals surface area (Å²) < 4.78 is 33.4. The normalized spacial score (nSPS) is 11.0. The smallest absolute Gasteiger partial charge is 0.264 e. The minimum atomic E-state index is -3.96. The molecule has 1 amide bonds. The monoisotopic (exact) mass is 508 g/mol. The number of anilines is 2. The predicted octanol–water partition coefficient (Wildman–Crippen LogP) is 4.95. The van der Waals surface area contributed by atoms with Gasteiger partial charge < -0.3 is 10.1 Å². The molecule has 156 valence electrons. The summed E-state index contributed by atoms with van der Waals surface area (Å²) in [4.78, 5) is 12.8. The first kappa shape index (κ1) is 22.1. The van der Waals surface area contributed by atoms with Crippen molar-refractivity contribution in [2.24, 2.45) is 0 Å². The van der Waals surface area contributed by atoms with Crippen LogP contribution in [0.1, 0.15) is 0 Å². The molecule has 1 N–H and O–H groups in total.